The van der Waals surface area contributed by atoms with Gasteiger partial charge in [-0.15, -0.1) is 0 Å². The minimum atomic E-state index is 1.05. The molecule has 0 nitrogen and oxygen atoms in total. The standard InChI is InChI=1S/C12H15/c1-2-4-6-8-10-12-11-9-7-5-3-1/h1-7,10,12H,8-9,11H2. The Bertz CT molecular complexity index is 182. The number of allylic oxidation sites excluding steroid dienone is 8. The first-order chi connectivity index (χ1) is 6.00. The van der Waals surface area contributed by atoms with E-state index in [1.807, 2.05) is 0 Å². The lowest BCUT2D eigenvalue weighted by atomic mass is 10.2. The molecule has 1 aliphatic rings. The highest BCUT2D eigenvalue weighted by molar-refractivity contribution is 5.14. The number of rotatable bonds is 0. The molecule has 0 aromatic carbocycles. The van der Waals surface area contributed by atoms with Gasteiger partial charge in [0.25, 0.3) is 0 Å². The summed E-state index contributed by atoms with van der Waals surface area (Å²) in [4.78, 5) is 0. The van der Waals surface area contributed by atoms with Crippen molar-refractivity contribution >= 4 is 0 Å². The SMILES string of the molecule is [CH]1C=CC=CC=CCCC=CC1. The molecule has 0 amide bonds. The molecule has 1 radical (unpaired) electrons. The lowest BCUT2D eigenvalue weighted by molar-refractivity contribution is 1.04. The van der Waals surface area contributed by atoms with Crippen molar-refractivity contribution < 1.29 is 0 Å². The van der Waals surface area contributed by atoms with Gasteiger partial charge in [-0.05, 0) is 25.7 Å². The molecule has 0 aromatic rings. The average molecular weight is 159 g/mol. The molecule has 0 saturated carbocycles. The highest BCUT2D eigenvalue weighted by atomic mass is 13.9. The minimum absolute atomic E-state index is 1.05. The van der Waals surface area contributed by atoms with Crippen LogP contribution in [0.4, 0.5) is 0 Å². The van der Waals surface area contributed by atoms with Crippen molar-refractivity contribution in [3.8, 4) is 0 Å². The maximum atomic E-state index is 2.24. The van der Waals surface area contributed by atoms with E-state index in [9.17, 15) is 0 Å². The molecule has 12 heavy (non-hydrogen) atoms. The van der Waals surface area contributed by atoms with Crippen LogP contribution in [0.1, 0.15) is 19.3 Å². The van der Waals surface area contributed by atoms with Gasteiger partial charge >= 0.3 is 0 Å². The van der Waals surface area contributed by atoms with Gasteiger partial charge < -0.3 is 0 Å². The summed E-state index contributed by atoms with van der Waals surface area (Å²) in [5.74, 6) is 0. The molecule has 1 rings (SSSR count). The Morgan fingerprint density at radius 1 is 0.583 bits per heavy atom. The first-order valence-electron chi connectivity index (χ1n) is 4.47. The van der Waals surface area contributed by atoms with Gasteiger partial charge in [-0.1, -0.05) is 48.6 Å². The summed E-state index contributed by atoms with van der Waals surface area (Å²) in [5, 5.41) is 0. The average Bonchev–Trinajstić information content (AvgIpc) is 2.05. The van der Waals surface area contributed by atoms with E-state index in [0.29, 0.717) is 0 Å². The fraction of sp³-hybridized carbons (Fsp3) is 0.250. The zero-order valence-electron chi connectivity index (χ0n) is 7.32. The molecule has 63 valence electrons. The van der Waals surface area contributed by atoms with Gasteiger partial charge in [0.15, 0.2) is 0 Å². The Kier molecular flexibility index (Phi) is 5.02. The van der Waals surface area contributed by atoms with E-state index in [1.165, 1.54) is 0 Å². The molecule has 1 aliphatic carbocycles. The zero-order chi connectivity index (χ0) is 8.49. The van der Waals surface area contributed by atoms with Gasteiger partial charge in [0.05, 0.1) is 0 Å². The summed E-state index contributed by atoms with van der Waals surface area (Å²) in [6.07, 6.45) is 22.5. The first-order valence-corrected chi connectivity index (χ1v) is 4.47. The largest absolute Gasteiger partial charge is 0.0882 e. The van der Waals surface area contributed by atoms with Crippen molar-refractivity contribution in [2.24, 2.45) is 0 Å². The maximum Gasteiger partial charge on any atom is -0.0130 e. The third kappa shape index (κ3) is 4.73. The molecule has 0 heterocycles. The smallest absolute Gasteiger partial charge is 0.0130 e. The van der Waals surface area contributed by atoms with Crippen molar-refractivity contribution in [3.05, 3.63) is 55.0 Å². The van der Waals surface area contributed by atoms with Crippen LogP contribution in [0, 0.1) is 6.42 Å². The predicted molar refractivity (Wildman–Crippen MR) is 54.7 cm³/mol. The van der Waals surface area contributed by atoms with Crippen LogP contribution in [0.25, 0.3) is 0 Å². The molecule has 0 saturated heterocycles. The molecule has 0 N–H and O–H groups in total. The predicted octanol–water partition coefficient (Wildman–Crippen LogP) is 3.60. The quantitative estimate of drug-likeness (QED) is 0.474. The monoisotopic (exact) mass is 159 g/mol. The van der Waals surface area contributed by atoms with Crippen LogP contribution in [0.15, 0.2) is 48.6 Å². The molecule has 0 fully saturated rings. The third-order valence-electron chi connectivity index (χ3n) is 1.66. The second-order valence-electron chi connectivity index (χ2n) is 2.72. The minimum Gasteiger partial charge on any atom is -0.0882 e. The second kappa shape index (κ2) is 6.66. The number of hydrogen-bond donors (Lipinski definition) is 0. The van der Waals surface area contributed by atoms with Crippen LogP contribution in [0.5, 0.6) is 0 Å². The molecule has 0 atom stereocenters. The fourth-order valence-electron chi connectivity index (χ4n) is 1.01. The molecular formula is C12H15. The van der Waals surface area contributed by atoms with E-state index in [4.69, 9.17) is 0 Å². The number of hydrogen-bond acceptors (Lipinski definition) is 0. The molecule has 0 aromatic heterocycles. The molecule has 0 heteroatoms. The molecule has 0 unspecified atom stereocenters. The van der Waals surface area contributed by atoms with Crippen LogP contribution in [-0.2, 0) is 0 Å². The highest BCUT2D eigenvalue weighted by Crippen LogP contribution is 1.98. The fourth-order valence-corrected chi connectivity index (χ4v) is 1.01. The van der Waals surface area contributed by atoms with Crippen molar-refractivity contribution in [1.82, 2.24) is 0 Å². The van der Waals surface area contributed by atoms with Crippen molar-refractivity contribution in [2.75, 3.05) is 0 Å². The van der Waals surface area contributed by atoms with Gasteiger partial charge in [0, 0.05) is 0 Å². The molecule has 0 bridgehead atoms. The lowest BCUT2D eigenvalue weighted by Gasteiger charge is -1.88. The normalized spacial score (nSPS) is 18.7. The van der Waals surface area contributed by atoms with Crippen LogP contribution >= 0.6 is 0 Å². The van der Waals surface area contributed by atoms with Crippen LogP contribution in [-0.4, -0.2) is 0 Å². The van der Waals surface area contributed by atoms with Crippen LogP contribution < -0.4 is 0 Å². The summed E-state index contributed by atoms with van der Waals surface area (Å²) < 4.78 is 0. The van der Waals surface area contributed by atoms with Gasteiger partial charge in [-0.2, -0.15) is 0 Å². The van der Waals surface area contributed by atoms with E-state index in [2.05, 4.69) is 55.0 Å². The van der Waals surface area contributed by atoms with Crippen LogP contribution in [0.3, 0.4) is 0 Å². The Balaban J connectivity index is 2.42. The van der Waals surface area contributed by atoms with Crippen molar-refractivity contribution in [2.45, 2.75) is 19.3 Å². The van der Waals surface area contributed by atoms with E-state index in [1.54, 1.807) is 0 Å². The van der Waals surface area contributed by atoms with Gasteiger partial charge in [0.2, 0.25) is 0 Å². The summed E-state index contributed by atoms with van der Waals surface area (Å²) >= 11 is 0. The van der Waals surface area contributed by atoms with E-state index in [0.717, 1.165) is 19.3 Å². The zero-order valence-corrected chi connectivity index (χ0v) is 7.32. The Hall–Kier alpha value is -1.04. The Morgan fingerprint density at radius 3 is 2.33 bits per heavy atom. The summed E-state index contributed by atoms with van der Waals surface area (Å²) in [6.45, 7) is 0. The maximum absolute atomic E-state index is 2.24. The van der Waals surface area contributed by atoms with Crippen molar-refractivity contribution in [3.63, 3.8) is 0 Å². The second-order valence-corrected chi connectivity index (χ2v) is 2.72. The van der Waals surface area contributed by atoms with Crippen molar-refractivity contribution in [1.29, 1.82) is 0 Å². The van der Waals surface area contributed by atoms with Gasteiger partial charge in [0.1, 0.15) is 0 Å². The summed E-state index contributed by atoms with van der Waals surface area (Å²) in [5.41, 5.74) is 0. The Morgan fingerprint density at radius 2 is 1.33 bits per heavy atom. The molecular weight excluding hydrogens is 144 g/mol. The van der Waals surface area contributed by atoms with Gasteiger partial charge in [-0.3, -0.25) is 0 Å². The summed E-state index contributed by atoms with van der Waals surface area (Å²) in [7, 11) is 0. The van der Waals surface area contributed by atoms with E-state index in [-0.39, 0.29) is 0 Å². The first kappa shape index (κ1) is 9.05. The van der Waals surface area contributed by atoms with Crippen LogP contribution in [0.2, 0.25) is 0 Å². The lowest BCUT2D eigenvalue weighted by Crippen LogP contribution is -1.69. The topological polar surface area (TPSA) is 0 Å². The highest BCUT2D eigenvalue weighted by Gasteiger charge is 1.79. The third-order valence-corrected chi connectivity index (χ3v) is 1.66. The molecule has 0 spiro atoms. The van der Waals surface area contributed by atoms with E-state index >= 15 is 0 Å². The molecule has 0 aliphatic heterocycles. The van der Waals surface area contributed by atoms with Gasteiger partial charge in [-0.25, -0.2) is 0 Å². The van der Waals surface area contributed by atoms with E-state index < -0.39 is 0 Å². The summed E-state index contributed by atoms with van der Waals surface area (Å²) in [6, 6.07) is 0. The Labute approximate surface area is 75.0 Å².